The van der Waals surface area contributed by atoms with Crippen LogP contribution in [0.15, 0.2) is 30.5 Å². The molecule has 0 bridgehead atoms. The molecule has 5 nitrogen and oxygen atoms in total. The van der Waals surface area contributed by atoms with E-state index in [1.54, 1.807) is 7.11 Å². The summed E-state index contributed by atoms with van der Waals surface area (Å²) in [7, 11) is 3.74. The maximum Gasteiger partial charge on any atom is 0.231 e. The molecule has 0 spiro atoms. The van der Waals surface area contributed by atoms with E-state index in [2.05, 4.69) is 29.9 Å². The number of benzene rings is 1. The molecule has 0 radical (unpaired) electrons. The molecular formula is C17H20N2O3. The Morgan fingerprint density at radius 2 is 2.00 bits per heavy atom. The number of aryl methyl sites for hydroxylation is 1. The van der Waals surface area contributed by atoms with Gasteiger partial charge in [0.25, 0.3) is 0 Å². The van der Waals surface area contributed by atoms with E-state index in [0.29, 0.717) is 0 Å². The van der Waals surface area contributed by atoms with Crippen LogP contribution in [0.4, 0.5) is 0 Å². The average Bonchev–Trinajstić information content (AvgIpc) is 2.96. The highest BCUT2D eigenvalue weighted by Gasteiger charge is 2.18. The molecule has 0 N–H and O–H groups in total. The zero-order chi connectivity index (χ0) is 15.5. The third-order valence-corrected chi connectivity index (χ3v) is 3.75. The van der Waals surface area contributed by atoms with E-state index in [1.165, 1.54) is 5.56 Å². The Morgan fingerprint density at radius 1 is 1.23 bits per heavy atom. The normalized spacial score (nSPS) is 12.7. The number of hydrogen-bond donors (Lipinski definition) is 0. The second-order valence-electron chi connectivity index (χ2n) is 5.46. The first-order valence-corrected chi connectivity index (χ1v) is 7.23. The molecule has 1 aromatic carbocycles. The second kappa shape index (κ2) is 6.23. The molecule has 2 heterocycles. The van der Waals surface area contributed by atoms with Crippen LogP contribution in [0, 0.1) is 6.92 Å². The molecule has 0 atom stereocenters. The molecule has 0 saturated heterocycles. The van der Waals surface area contributed by atoms with Gasteiger partial charge in [-0.3, -0.25) is 9.88 Å². The highest BCUT2D eigenvalue weighted by Crippen LogP contribution is 2.38. The SMILES string of the molecule is COc1cc2c(cc1CN(C)Cc1ncccc1C)OCO2. The lowest BCUT2D eigenvalue weighted by Crippen LogP contribution is -2.19. The molecule has 116 valence electrons. The van der Waals surface area contributed by atoms with Crippen LogP contribution < -0.4 is 14.2 Å². The molecule has 22 heavy (non-hydrogen) atoms. The van der Waals surface area contributed by atoms with Crippen LogP contribution in [-0.4, -0.2) is 30.8 Å². The lowest BCUT2D eigenvalue weighted by atomic mass is 10.1. The van der Waals surface area contributed by atoms with Crippen molar-refractivity contribution in [1.82, 2.24) is 9.88 Å². The lowest BCUT2D eigenvalue weighted by molar-refractivity contribution is 0.174. The van der Waals surface area contributed by atoms with E-state index < -0.39 is 0 Å². The zero-order valence-electron chi connectivity index (χ0n) is 13.1. The topological polar surface area (TPSA) is 43.8 Å². The van der Waals surface area contributed by atoms with Crippen molar-refractivity contribution in [2.24, 2.45) is 0 Å². The minimum absolute atomic E-state index is 0.269. The molecule has 0 unspecified atom stereocenters. The van der Waals surface area contributed by atoms with Crippen molar-refractivity contribution < 1.29 is 14.2 Å². The van der Waals surface area contributed by atoms with E-state index in [1.807, 2.05) is 24.4 Å². The van der Waals surface area contributed by atoms with Gasteiger partial charge in [-0.25, -0.2) is 0 Å². The average molecular weight is 300 g/mol. The largest absolute Gasteiger partial charge is 0.496 e. The van der Waals surface area contributed by atoms with Gasteiger partial charge in [-0.2, -0.15) is 0 Å². The molecule has 1 aliphatic heterocycles. The quantitative estimate of drug-likeness (QED) is 0.849. The van der Waals surface area contributed by atoms with Gasteiger partial charge < -0.3 is 14.2 Å². The number of aromatic nitrogens is 1. The Kier molecular flexibility index (Phi) is 4.15. The highest BCUT2D eigenvalue weighted by molar-refractivity contribution is 5.51. The first-order valence-electron chi connectivity index (χ1n) is 7.23. The van der Waals surface area contributed by atoms with E-state index >= 15 is 0 Å². The number of hydrogen-bond acceptors (Lipinski definition) is 5. The first kappa shape index (κ1) is 14.7. The summed E-state index contributed by atoms with van der Waals surface area (Å²) >= 11 is 0. The Morgan fingerprint density at radius 3 is 2.73 bits per heavy atom. The molecule has 0 fully saturated rings. The Bertz CT molecular complexity index is 673. The van der Waals surface area contributed by atoms with Gasteiger partial charge in [0.05, 0.1) is 12.8 Å². The molecular weight excluding hydrogens is 280 g/mol. The highest BCUT2D eigenvalue weighted by atomic mass is 16.7. The van der Waals surface area contributed by atoms with Crippen molar-refractivity contribution in [3.8, 4) is 17.2 Å². The van der Waals surface area contributed by atoms with Crippen LogP contribution in [0.1, 0.15) is 16.8 Å². The van der Waals surface area contributed by atoms with Crippen LogP contribution in [0.25, 0.3) is 0 Å². The molecule has 0 saturated carbocycles. The summed E-state index contributed by atoms with van der Waals surface area (Å²) < 4.78 is 16.3. The van der Waals surface area contributed by atoms with Gasteiger partial charge in [0.15, 0.2) is 11.5 Å². The fraction of sp³-hybridized carbons (Fsp3) is 0.353. The smallest absolute Gasteiger partial charge is 0.231 e. The van der Waals surface area contributed by atoms with E-state index in [4.69, 9.17) is 14.2 Å². The monoisotopic (exact) mass is 300 g/mol. The molecule has 5 heteroatoms. The van der Waals surface area contributed by atoms with Gasteiger partial charge in [0.2, 0.25) is 6.79 Å². The van der Waals surface area contributed by atoms with Crippen molar-refractivity contribution in [3.63, 3.8) is 0 Å². The Hall–Kier alpha value is -2.27. The van der Waals surface area contributed by atoms with Crippen LogP contribution in [0.3, 0.4) is 0 Å². The van der Waals surface area contributed by atoms with Gasteiger partial charge in [0, 0.05) is 30.9 Å². The molecule has 2 aromatic rings. The van der Waals surface area contributed by atoms with Crippen molar-refractivity contribution >= 4 is 0 Å². The summed E-state index contributed by atoms with van der Waals surface area (Å²) in [4.78, 5) is 6.65. The zero-order valence-corrected chi connectivity index (χ0v) is 13.1. The number of methoxy groups -OCH3 is 1. The number of pyridine rings is 1. The fourth-order valence-corrected chi connectivity index (χ4v) is 2.57. The van der Waals surface area contributed by atoms with Gasteiger partial charge >= 0.3 is 0 Å². The third kappa shape index (κ3) is 2.99. The maximum absolute atomic E-state index is 5.47. The van der Waals surface area contributed by atoms with Crippen LogP contribution >= 0.6 is 0 Å². The van der Waals surface area contributed by atoms with Gasteiger partial charge in [-0.1, -0.05) is 6.07 Å². The van der Waals surface area contributed by atoms with Gasteiger partial charge in [-0.15, -0.1) is 0 Å². The van der Waals surface area contributed by atoms with Crippen molar-refractivity contribution in [3.05, 3.63) is 47.3 Å². The summed E-state index contributed by atoms with van der Waals surface area (Å²) in [5, 5.41) is 0. The molecule has 0 amide bonds. The maximum atomic E-state index is 5.47. The van der Waals surface area contributed by atoms with Crippen LogP contribution in [0.5, 0.6) is 17.2 Å². The predicted molar refractivity (Wildman–Crippen MR) is 83.3 cm³/mol. The third-order valence-electron chi connectivity index (χ3n) is 3.75. The molecule has 0 aliphatic carbocycles. The molecule has 1 aliphatic rings. The summed E-state index contributed by atoms with van der Waals surface area (Å²) in [6.07, 6.45) is 1.83. The minimum atomic E-state index is 0.269. The summed E-state index contributed by atoms with van der Waals surface area (Å²) in [5.41, 5.74) is 3.36. The number of nitrogens with zero attached hydrogens (tertiary/aromatic N) is 2. The molecule has 1 aromatic heterocycles. The van der Waals surface area contributed by atoms with Gasteiger partial charge in [-0.05, 0) is 31.7 Å². The Labute approximate surface area is 130 Å². The standard InChI is InChI=1S/C17H20N2O3/c1-12-5-4-6-18-14(12)10-19(2)9-13-7-16-17(22-11-21-16)8-15(13)20-3/h4-8H,9-11H2,1-3H3. The lowest BCUT2D eigenvalue weighted by Gasteiger charge is -2.19. The van der Waals surface area contributed by atoms with Crippen molar-refractivity contribution in [2.75, 3.05) is 21.0 Å². The predicted octanol–water partition coefficient (Wildman–Crippen LogP) is 2.76. The summed E-state index contributed by atoms with van der Waals surface area (Å²) in [5.74, 6) is 2.33. The van der Waals surface area contributed by atoms with E-state index in [-0.39, 0.29) is 6.79 Å². The Balaban J connectivity index is 1.76. The second-order valence-corrected chi connectivity index (χ2v) is 5.46. The van der Waals surface area contributed by atoms with E-state index in [9.17, 15) is 0 Å². The van der Waals surface area contributed by atoms with Crippen LogP contribution in [0.2, 0.25) is 0 Å². The fourth-order valence-electron chi connectivity index (χ4n) is 2.57. The van der Waals surface area contributed by atoms with Crippen molar-refractivity contribution in [2.45, 2.75) is 20.0 Å². The van der Waals surface area contributed by atoms with Crippen molar-refractivity contribution in [1.29, 1.82) is 0 Å². The van der Waals surface area contributed by atoms with Gasteiger partial charge in [0.1, 0.15) is 5.75 Å². The summed E-state index contributed by atoms with van der Waals surface area (Å²) in [6, 6.07) is 7.91. The summed E-state index contributed by atoms with van der Waals surface area (Å²) in [6.45, 7) is 3.88. The molecule has 3 rings (SSSR count). The number of ether oxygens (including phenoxy) is 3. The van der Waals surface area contributed by atoms with E-state index in [0.717, 1.165) is 41.6 Å². The number of rotatable bonds is 5. The number of fused-ring (bicyclic) bond motifs is 1. The van der Waals surface area contributed by atoms with Crippen LogP contribution in [-0.2, 0) is 13.1 Å². The first-order chi connectivity index (χ1) is 10.7. The minimum Gasteiger partial charge on any atom is -0.496 e.